The van der Waals surface area contributed by atoms with Gasteiger partial charge in [-0.3, -0.25) is 4.42 Å². The van der Waals surface area contributed by atoms with Gasteiger partial charge >= 0.3 is 5.95 Å². The second kappa shape index (κ2) is 4.66. The molecule has 3 nitrogen and oxygen atoms in total. The van der Waals surface area contributed by atoms with E-state index in [-0.39, 0.29) is 0 Å². The predicted octanol–water partition coefficient (Wildman–Crippen LogP) is 3.24. The van der Waals surface area contributed by atoms with Crippen LogP contribution in [-0.2, 0) is 0 Å². The molecule has 0 aliphatic heterocycles. The van der Waals surface area contributed by atoms with Crippen molar-refractivity contribution in [2.24, 2.45) is 0 Å². The highest BCUT2D eigenvalue weighted by atomic mass is 16.6. The van der Waals surface area contributed by atoms with Crippen molar-refractivity contribution in [2.45, 2.75) is 0 Å². The molecule has 0 spiro atoms. The zero-order chi connectivity index (χ0) is 11.4. The van der Waals surface area contributed by atoms with Crippen LogP contribution >= 0.6 is 0 Å². The first kappa shape index (κ1) is 10.5. The number of methoxy groups -OCH3 is 2. The maximum absolute atomic E-state index is 5.55. The molecule has 16 heavy (non-hydrogen) atoms. The maximum Gasteiger partial charge on any atom is 0.522 e. The standard InChI is InChI=1S/C13H13O3/c1-14-11-8-12(16-13(9-11)15-2)10-6-4-3-5-7-10/h3-9H,1-2H3/q+1. The molecule has 0 bridgehead atoms. The molecule has 0 aliphatic rings. The van der Waals surface area contributed by atoms with Crippen LogP contribution in [0.15, 0.2) is 46.9 Å². The lowest BCUT2D eigenvalue weighted by atomic mass is 10.1. The van der Waals surface area contributed by atoms with E-state index >= 15 is 0 Å². The number of hydrogen-bond donors (Lipinski definition) is 0. The summed E-state index contributed by atoms with van der Waals surface area (Å²) in [6.45, 7) is 0. The van der Waals surface area contributed by atoms with Gasteiger partial charge in [0.2, 0.25) is 0 Å². The fraction of sp³-hybridized carbons (Fsp3) is 0.154. The van der Waals surface area contributed by atoms with Crippen LogP contribution in [0.5, 0.6) is 11.7 Å². The molecule has 0 N–H and O–H groups in total. The third kappa shape index (κ3) is 2.14. The van der Waals surface area contributed by atoms with Gasteiger partial charge in [0.25, 0.3) is 5.76 Å². The third-order valence-electron chi connectivity index (χ3n) is 2.24. The van der Waals surface area contributed by atoms with Crippen molar-refractivity contribution in [3.8, 4) is 23.0 Å². The quantitative estimate of drug-likeness (QED) is 0.739. The summed E-state index contributed by atoms with van der Waals surface area (Å²) in [5.41, 5.74) is 0.986. The van der Waals surface area contributed by atoms with Gasteiger partial charge in [-0.2, -0.15) is 0 Å². The van der Waals surface area contributed by atoms with Crippen molar-refractivity contribution < 1.29 is 13.9 Å². The van der Waals surface area contributed by atoms with Gasteiger partial charge in [-0.15, -0.1) is 0 Å². The van der Waals surface area contributed by atoms with Crippen molar-refractivity contribution in [3.05, 3.63) is 42.5 Å². The van der Waals surface area contributed by atoms with E-state index in [4.69, 9.17) is 13.9 Å². The Labute approximate surface area is 94.3 Å². The number of rotatable bonds is 3. The second-order valence-electron chi connectivity index (χ2n) is 3.25. The van der Waals surface area contributed by atoms with Gasteiger partial charge < -0.3 is 9.47 Å². The molecule has 2 aromatic rings. The highest BCUT2D eigenvalue weighted by Crippen LogP contribution is 2.29. The molecule has 1 heterocycles. The van der Waals surface area contributed by atoms with E-state index in [1.807, 2.05) is 36.4 Å². The molecule has 3 heteroatoms. The first-order valence-electron chi connectivity index (χ1n) is 4.95. The van der Waals surface area contributed by atoms with Gasteiger partial charge in [-0.25, -0.2) is 0 Å². The van der Waals surface area contributed by atoms with Crippen molar-refractivity contribution in [1.29, 1.82) is 0 Å². The fourth-order valence-corrected chi connectivity index (χ4v) is 1.42. The monoisotopic (exact) mass is 217 g/mol. The normalized spacial score (nSPS) is 9.88. The average molecular weight is 217 g/mol. The highest BCUT2D eigenvalue weighted by Gasteiger charge is 2.15. The van der Waals surface area contributed by atoms with Crippen LogP contribution in [0.2, 0.25) is 0 Å². The van der Waals surface area contributed by atoms with Crippen LogP contribution in [0.1, 0.15) is 0 Å². The zero-order valence-electron chi connectivity index (χ0n) is 9.27. The molecule has 82 valence electrons. The second-order valence-corrected chi connectivity index (χ2v) is 3.25. The van der Waals surface area contributed by atoms with E-state index < -0.39 is 0 Å². The van der Waals surface area contributed by atoms with Gasteiger partial charge in [0.1, 0.15) is 11.8 Å². The Bertz CT molecular complexity index is 444. The number of benzene rings is 1. The van der Waals surface area contributed by atoms with Gasteiger partial charge in [0.05, 0.1) is 13.2 Å². The topological polar surface area (TPSA) is 29.8 Å². The Balaban J connectivity index is 2.48. The minimum atomic E-state index is 0.429. The molecular weight excluding hydrogens is 204 g/mol. The Morgan fingerprint density at radius 2 is 1.69 bits per heavy atom. The predicted molar refractivity (Wildman–Crippen MR) is 61.7 cm³/mol. The smallest absolute Gasteiger partial charge is 0.496 e. The van der Waals surface area contributed by atoms with Gasteiger partial charge in [0.15, 0.2) is 7.11 Å². The summed E-state index contributed by atoms with van der Waals surface area (Å²) in [6.07, 6.45) is 0. The first-order chi connectivity index (χ1) is 7.83. The van der Waals surface area contributed by atoms with Crippen LogP contribution in [0.4, 0.5) is 0 Å². The summed E-state index contributed by atoms with van der Waals surface area (Å²) in [5.74, 6) is 1.86. The molecule has 0 fully saturated rings. The maximum atomic E-state index is 5.55. The first-order valence-corrected chi connectivity index (χ1v) is 4.95. The lowest BCUT2D eigenvalue weighted by molar-refractivity contribution is 0.295. The molecule has 0 aliphatic carbocycles. The van der Waals surface area contributed by atoms with E-state index in [2.05, 4.69) is 0 Å². The lowest BCUT2D eigenvalue weighted by Gasteiger charge is -1.99. The minimum Gasteiger partial charge on any atom is -0.496 e. The van der Waals surface area contributed by atoms with E-state index in [9.17, 15) is 0 Å². The SMILES string of the molecule is COc1cc(OC)[o+]c(-c2ccccc2)c1. The molecule has 1 aromatic heterocycles. The molecule has 0 saturated heterocycles. The van der Waals surface area contributed by atoms with E-state index in [0.29, 0.717) is 11.7 Å². The molecule has 1 aromatic carbocycles. The Morgan fingerprint density at radius 1 is 0.938 bits per heavy atom. The number of ether oxygens (including phenoxy) is 2. The molecule has 0 atom stereocenters. The lowest BCUT2D eigenvalue weighted by Crippen LogP contribution is -1.88. The van der Waals surface area contributed by atoms with Crippen LogP contribution in [0.25, 0.3) is 11.3 Å². The van der Waals surface area contributed by atoms with Gasteiger partial charge in [0, 0.05) is 5.56 Å². The van der Waals surface area contributed by atoms with Crippen molar-refractivity contribution in [2.75, 3.05) is 14.2 Å². The molecule has 2 rings (SSSR count). The van der Waals surface area contributed by atoms with Crippen LogP contribution < -0.4 is 9.47 Å². The van der Waals surface area contributed by atoms with E-state index in [0.717, 1.165) is 11.3 Å². The van der Waals surface area contributed by atoms with Gasteiger partial charge in [-0.05, 0) is 12.1 Å². The van der Waals surface area contributed by atoms with Crippen LogP contribution in [0.3, 0.4) is 0 Å². The van der Waals surface area contributed by atoms with Crippen molar-refractivity contribution in [3.63, 3.8) is 0 Å². The average Bonchev–Trinajstić information content (AvgIpc) is 2.39. The molecule has 0 unspecified atom stereocenters. The van der Waals surface area contributed by atoms with Gasteiger partial charge in [-0.1, -0.05) is 18.2 Å². The Morgan fingerprint density at radius 3 is 2.31 bits per heavy atom. The number of hydrogen-bond acceptors (Lipinski definition) is 2. The molecule has 0 radical (unpaired) electrons. The summed E-state index contributed by atoms with van der Waals surface area (Å²) in [5, 5.41) is 0. The van der Waals surface area contributed by atoms with Crippen LogP contribution in [-0.4, -0.2) is 14.2 Å². The van der Waals surface area contributed by atoms with Crippen molar-refractivity contribution in [1.82, 2.24) is 0 Å². The fourth-order valence-electron chi connectivity index (χ4n) is 1.42. The summed E-state index contributed by atoms with van der Waals surface area (Å²) in [6, 6.07) is 13.3. The summed E-state index contributed by atoms with van der Waals surface area (Å²) in [4.78, 5) is 0. The summed E-state index contributed by atoms with van der Waals surface area (Å²) >= 11 is 0. The molecule has 0 amide bonds. The molecular formula is C13H13O3+. The van der Waals surface area contributed by atoms with Crippen molar-refractivity contribution >= 4 is 0 Å². The van der Waals surface area contributed by atoms with Crippen LogP contribution in [0, 0.1) is 0 Å². The Hall–Kier alpha value is -2.03. The minimum absolute atomic E-state index is 0.429. The summed E-state index contributed by atoms with van der Waals surface area (Å²) in [7, 11) is 3.18. The largest absolute Gasteiger partial charge is 0.522 e. The van der Waals surface area contributed by atoms with E-state index in [1.165, 1.54) is 0 Å². The zero-order valence-corrected chi connectivity index (χ0v) is 9.27. The molecule has 0 saturated carbocycles. The highest BCUT2D eigenvalue weighted by molar-refractivity contribution is 5.59. The Kier molecular flexibility index (Phi) is 3.05. The third-order valence-corrected chi connectivity index (χ3v) is 2.24. The summed E-state index contributed by atoms with van der Waals surface area (Å²) < 4.78 is 15.8. The van der Waals surface area contributed by atoms with E-state index in [1.54, 1.807) is 20.3 Å².